The average Bonchev–Trinajstić information content (AvgIpc) is 2.71. The predicted octanol–water partition coefficient (Wildman–Crippen LogP) is 5.57. The van der Waals surface area contributed by atoms with Crippen LogP contribution in [0.1, 0.15) is 11.1 Å². The molecule has 0 atom stereocenters. The van der Waals surface area contributed by atoms with Crippen molar-refractivity contribution in [1.82, 2.24) is 0 Å². The van der Waals surface area contributed by atoms with Crippen molar-refractivity contribution in [2.75, 3.05) is 18.9 Å². The predicted molar refractivity (Wildman–Crippen MR) is 118 cm³/mol. The van der Waals surface area contributed by atoms with E-state index in [1.165, 1.54) is 13.2 Å². The summed E-state index contributed by atoms with van der Waals surface area (Å²) in [5.74, 6) is 1.87. The number of hydrogen-bond acceptors (Lipinski definition) is 5. The van der Waals surface area contributed by atoms with Crippen LogP contribution >= 0.6 is 11.6 Å². The second-order valence-electron chi connectivity index (χ2n) is 6.59. The summed E-state index contributed by atoms with van der Waals surface area (Å²) in [5, 5.41) is 0.364. The fraction of sp³-hybridized carbons (Fsp3) is 0.182. The van der Waals surface area contributed by atoms with Crippen molar-refractivity contribution in [2.45, 2.75) is 18.7 Å². The maximum Gasteiger partial charge on any atom is 0.262 e. The lowest BCUT2D eigenvalue weighted by Gasteiger charge is -2.17. The van der Waals surface area contributed by atoms with Gasteiger partial charge in [0.15, 0.2) is 17.2 Å². The number of ether oxygens (including phenoxy) is 3. The molecular formula is C22H22ClNO5S. The molecule has 0 heterocycles. The maximum absolute atomic E-state index is 13.1. The SMILES string of the molecule is COc1cc(C)c(S(=O)(=O)Nc2cc(Cl)ccc2Oc2ccccc2OC)cc1C. The van der Waals surface area contributed by atoms with Crippen LogP contribution in [0.15, 0.2) is 59.5 Å². The number of benzene rings is 3. The molecule has 0 aromatic heterocycles. The largest absolute Gasteiger partial charge is 0.496 e. The zero-order valence-electron chi connectivity index (χ0n) is 17.0. The third-order valence-corrected chi connectivity index (χ3v) is 6.20. The highest BCUT2D eigenvalue weighted by molar-refractivity contribution is 7.92. The number of aryl methyl sites for hydroxylation is 2. The van der Waals surface area contributed by atoms with E-state index in [-0.39, 0.29) is 16.3 Å². The second kappa shape index (κ2) is 8.85. The average molecular weight is 448 g/mol. The molecule has 6 nitrogen and oxygen atoms in total. The second-order valence-corrected chi connectivity index (χ2v) is 8.67. The third-order valence-electron chi connectivity index (χ3n) is 4.46. The molecule has 0 bridgehead atoms. The first kappa shape index (κ1) is 21.8. The van der Waals surface area contributed by atoms with E-state index < -0.39 is 10.0 Å². The Labute approximate surface area is 181 Å². The van der Waals surface area contributed by atoms with Crippen LogP contribution < -0.4 is 18.9 Å². The smallest absolute Gasteiger partial charge is 0.262 e. The van der Waals surface area contributed by atoms with Crippen molar-refractivity contribution >= 4 is 27.3 Å². The number of nitrogens with one attached hydrogen (secondary N) is 1. The van der Waals surface area contributed by atoms with Crippen LogP contribution in [0.3, 0.4) is 0 Å². The van der Waals surface area contributed by atoms with Gasteiger partial charge in [-0.25, -0.2) is 8.42 Å². The van der Waals surface area contributed by atoms with E-state index in [0.717, 1.165) is 0 Å². The van der Waals surface area contributed by atoms with Gasteiger partial charge in [-0.1, -0.05) is 23.7 Å². The van der Waals surface area contributed by atoms with Gasteiger partial charge < -0.3 is 14.2 Å². The van der Waals surface area contributed by atoms with Crippen LogP contribution in [0.2, 0.25) is 5.02 Å². The number of para-hydroxylation sites is 2. The molecule has 0 saturated heterocycles. The number of anilines is 1. The van der Waals surface area contributed by atoms with Crippen molar-refractivity contribution in [3.05, 3.63) is 70.7 Å². The van der Waals surface area contributed by atoms with E-state index in [1.807, 2.05) is 6.07 Å². The molecular weight excluding hydrogens is 426 g/mol. The summed E-state index contributed by atoms with van der Waals surface area (Å²) < 4.78 is 45.4. The molecule has 3 aromatic carbocycles. The van der Waals surface area contributed by atoms with Gasteiger partial charge in [0.05, 0.1) is 24.8 Å². The Bertz CT molecular complexity index is 1180. The Hall–Kier alpha value is -2.90. The van der Waals surface area contributed by atoms with Crippen molar-refractivity contribution < 1.29 is 22.6 Å². The van der Waals surface area contributed by atoms with Gasteiger partial charge in [-0.3, -0.25) is 4.72 Å². The van der Waals surface area contributed by atoms with Gasteiger partial charge in [0.1, 0.15) is 5.75 Å². The van der Waals surface area contributed by atoms with Crippen LogP contribution in [0.4, 0.5) is 5.69 Å². The van der Waals surface area contributed by atoms with Crippen LogP contribution in [-0.2, 0) is 10.0 Å². The molecule has 0 radical (unpaired) electrons. The Morgan fingerprint density at radius 2 is 1.47 bits per heavy atom. The summed E-state index contributed by atoms with van der Waals surface area (Å²) in [4.78, 5) is 0.143. The van der Waals surface area contributed by atoms with Crippen LogP contribution in [-0.4, -0.2) is 22.6 Å². The van der Waals surface area contributed by atoms with E-state index in [2.05, 4.69) is 4.72 Å². The molecule has 0 fully saturated rings. The molecule has 0 saturated carbocycles. The Morgan fingerprint density at radius 1 is 0.800 bits per heavy atom. The van der Waals surface area contributed by atoms with Crippen molar-refractivity contribution in [2.24, 2.45) is 0 Å². The van der Waals surface area contributed by atoms with Crippen molar-refractivity contribution in [1.29, 1.82) is 0 Å². The minimum absolute atomic E-state index is 0.143. The van der Waals surface area contributed by atoms with Gasteiger partial charge in [0, 0.05) is 5.02 Å². The molecule has 3 rings (SSSR count). The highest BCUT2D eigenvalue weighted by atomic mass is 35.5. The number of halogens is 1. The molecule has 0 aliphatic heterocycles. The maximum atomic E-state index is 13.1. The van der Waals surface area contributed by atoms with E-state index >= 15 is 0 Å². The highest BCUT2D eigenvalue weighted by Gasteiger charge is 2.21. The van der Waals surface area contributed by atoms with Crippen LogP contribution in [0, 0.1) is 13.8 Å². The molecule has 0 unspecified atom stereocenters. The molecule has 30 heavy (non-hydrogen) atoms. The van der Waals surface area contributed by atoms with E-state index in [1.54, 1.807) is 63.4 Å². The molecule has 0 amide bonds. The lowest BCUT2D eigenvalue weighted by Crippen LogP contribution is -2.15. The molecule has 1 N–H and O–H groups in total. The molecule has 0 aliphatic carbocycles. The third kappa shape index (κ3) is 4.63. The minimum Gasteiger partial charge on any atom is -0.496 e. The Balaban J connectivity index is 2.00. The normalized spacial score (nSPS) is 11.1. The molecule has 0 spiro atoms. The van der Waals surface area contributed by atoms with Crippen molar-refractivity contribution in [3.63, 3.8) is 0 Å². The first-order valence-electron chi connectivity index (χ1n) is 9.03. The number of rotatable bonds is 7. The van der Waals surface area contributed by atoms with Gasteiger partial charge >= 0.3 is 0 Å². The summed E-state index contributed by atoms with van der Waals surface area (Å²) >= 11 is 6.12. The fourth-order valence-corrected chi connectivity index (χ4v) is 4.51. The Morgan fingerprint density at radius 3 is 2.13 bits per heavy atom. The zero-order valence-corrected chi connectivity index (χ0v) is 18.6. The standard InChI is InChI=1S/C22H22ClNO5S/c1-14-12-22(15(2)11-21(14)28-4)30(25,26)24-17-13-16(23)9-10-18(17)29-20-8-6-5-7-19(20)27-3/h5-13,24H,1-4H3. The van der Waals surface area contributed by atoms with Gasteiger partial charge in [-0.15, -0.1) is 0 Å². The molecule has 158 valence electrons. The van der Waals surface area contributed by atoms with Crippen LogP contribution in [0.5, 0.6) is 23.0 Å². The Kier molecular flexibility index (Phi) is 6.43. The summed E-state index contributed by atoms with van der Waals surface area (Å²) in [5.41, 5.74) is 1.47. The summed E-state index contributed by atoms with van der Waals surface area (Å²) in [6.07, 6.45) is 0. The lowest BCUT2D eigenvalue weighted by molar-refractivity contribution is 0.379. The number of methoxy groups -OCH3 is 2. The molecule has 3 aromatic rings. The number of sulfonamides is 1. The van der Waals surface area contributed by atoms with E-state index in [9.17, 15) is 8.42 Å². The zero-order chi connectivity index (χ0) is 21.9. The summed E-state index contributed by atoms with van der Waals surface area (Å²) in [7, 11) is -0.841. The van der Waals surface area contributed by atoms with E-state index in [0.29, 0.717) is 33.4 Å². The summed E-state index contributed by atoms with van der Waals surface area (Å²) in [6, 6.07) is 15.0. The fourth-order valence-electron chi connectivity index (χ4n) is 2.96. The first-order valence-corrected chi connectivity index (χ1v) is 10.9. The molecule has 8 heteroatoms. The quantitative estimate of drug-likeness (QED) is 0.512. The minimum atomic E-state index is -3.91. The van der Waals surface area contributed by atoms with Gasteiger partial charge in [0.25, 0.3) is 10.0 Å². The van der Waals surface area contributed by atoms with E-state index in [4.69, 9.17) is 25.8 Å². The lowest BCUT2D eigenvalue weighted by atomic mass is 10.1. The highest BCUT2D eigenvalue weighted by Crippen LogP contribution is 2.37. The topological polar surface area (TPSA) is 73.9 Å². The monoisotopic (exact) mass is 447 g/mol. The van der Waals surface area contributed by atoms with Gasteiger partial charge in [0.2, 0.25) is 0 Å². The van der Waals surface area contributed by atoms with Gasteiger partial charge in [-0.2, -0.15) is 0 Å². The van der Waals surface area contributed by atoms with Gasteiger partial charge in [-0.05, 0) is 67.4 Å². The van der Waals surface area contributed by atoms with Crippen molar-refractivity contribution in [3.8, 4) is 23.0 Å². The molecule has 0 aliphatic rings. The number of hydrogen-bond donors (Lipinski definition) is 1. The first-order chi connectivity index (χ1) is 14.2. The summed E-state index contributed by atoms with van der Waals surface area (Å²) in [6.45, 7) is 3.49. The van der Waals surface area contributed by atoms with Crippen LogP contribution in [0.25, 0.3) is 0 Å².